The quantitative estimate of drug-likeness (QED) is 0.247. The van der Waals surface area contributed by atoms with Gasteiger partial charge >= 0.3 is 0 Å². The van der Waals surface area contributed by atoms with Crippen molar-refractivity contribution in [1.29, 1.82) is 0 Å². The molecule has 3 aromatic rings. The molecule has 1 saturated heterocycles. The zero-order valence-corrected chi connectivity index (χ0v) is 20.2. The average Bonchev–Trinajstić information content (AvgIpc) is 2.87. The summed E-state index contributed by atoms with van der Waals surface area (Å²) in [6.45, 7) is 2.03. The van der Waals surface area contributed by atoms with E-state index >= 15 is 0 Å². The van der Waals surface area contributed by atoms with Crippen LogP contribution < -0.4 is 0 Å². The van der Waals surface area contributed by atoms with Crippen LogP contribution in [0.2, 0.25) is 0 Å². The van der Waals surface area contributed by atoms with Gasteiger partial charge in [-0.1, -0.05) is 114 Å². The lowest BCUT2D eigenvalue weighted by molar-refractivity contribution is -0.232. The van der Waals surface area contributed by atoms with Crippen molar-refractivity contribution in [2.75, 3.05) is 11.0 Å². The summed E-state index contributed by atoms with van der Waals surface area (Å²) in [4.78, 5) is 0. The van der Waals surface area contributed by atoms with Crippen molar-refractivity contribution in [1.82, 2.24) is 0 Å². The summed E-state index contributed by atoms with van der Waals surface area (Å²) in [5.41, 5.74) is 3.40. The van der Waals surface area contributed by atoms with Crippen LogP contribution in [0.15, 0.2) is 91.0 Å². The SMILES string of the molecule is IC[C@H]1OC[C@@H](OCc2ccccc2)[C@H](OCc2ccccc2)[C@H]1OCc1ccccc1. The van der Waals surface area contributed by atoms with Gasteiger partial charge in [0.05, 0.1) is 32.5 Å². The summed E-state index contributed by atoms with van der Waals surface area (Å²) in [5.74, 6) is 0. The molecular weight excluding hydrogens is 515 g/mol. The van der Waals surface area contributed by atoms with E-state index in [0.717, 1.165) is 21.1 Å². The van der Waals surface area contributed by atoms with E-state index < -0.39 is 0 Å². The minimum absolute atomic E-state index is 0.0448. The zero-order chi connectivity index (χ0) is 22.0. The predicted molar refractivity (Wildman–Crippen MR) is 134 cm³/mol. The van der Waals surface area contributed by atoms with E-state index in [1.54, 1.807) is 0 Å². The minimum atomic E-state index is -0.226. The molecule has 1 aliphatic heterocycles. The second-order valence-electron chi connectivity index (χ2n) is 7.88. The van der Waals surface area contributed by atoms with Crippen molar-refractivity contribution >= 4 is 22.6 Å². The Morgan fingerprint density at radius 3 is 1.53 bits per heavy atom. The van der Waals surface area contributed by atoms with Gasteiger partial charge in [0.25, 0.3) is 0 Å². The fraction of sp³-hybridized carbons (Fsp3) is 0.333. The molecule has 0 unspecified atom stereocenters. The number of alkyl halides is 1. The number of hydrogen-bond acceptors (Lipinski definition) is 4. The van der Waals surface area contributed by atoms with Crippen LogP contribution in [0.4, 0.5) is 0 Å². The highest BCUT2D eigenvalue weighted by Crippen LogP contribution is 2.27. The molecule has 0 amide bonds. The number of hydrogen-bond donors (Lipinski definition) is 0. The number of rotatable bonds is 10. The summed E-state index contributed by atoms with van der Waals surface area (Å²) in [7, 11) is 0. The molecule has 0 aliphatic carbocycles. The Bertz CT molecular complexity index is 907. The first-order chi connectivity index (χ1) is 15.8. The molecule has 3 aromatic carbocycles. The number of ether oxygens (including phenoxy) is 4. The van der Waals surface area contributed by atoms with E-state index in [1.807, 2.05) is 54.6 Å². The first-order valence-electron chi connectivity index (χ1n) is 11.0. The predicted octanol–water partition coefficient (Wildman–Crippen LogP) is 5.58. The Morgan fingerprint density at radius 2 is 1.06 bits per heavy atom. The third-order valence-electron chi connectivity index (χ3n) is 5.56. The third-order valence-corrected chi connectivity index (χ3v) is 6.43. The highest BCUT2D eigenvalue weighted by Gasteiger charge is 2.42. The first kappa shape index (κ1) is 23.4. The lowest BCUT2D eigenvalue weighted by Crippen LogP contribution is -2.56. The van der Waals surface area contributed by atoms with Crippen molar-refractivity contribution < 1.29 is 18.9 Å². The summed E-state index contributed by atoms with van der Waals surface area (Å²) >= 11 is 2.36. The maximum absolute atomic E-state index is 6.47. The van der Waals surface area contributed by atoms with Crippen molar-refractivity contribution in [3.05, 3.63) is 108 Å². The molecule has 4 rings (SSSR count). The molecule has 32 heavy (non-hydrogen) atoms. The maximum Gasteiger partial charge on any atom is 0.115 e. The molecule has 1 fully saturated rings. The number of benzene rings is 3. The standard InChI is InChI=1S/C27H29IO4/c28-16-24-26(31-18-22-12-6-2-7-13-22)27(32-19-23-14-8-3-9-15-23)25(20-30-24)29-17-21-10-4-1-5-11-21/h1-15,24-27H,16-20H2/t24-,25-,26+,27+/m1/s1. The molecule has 1 aliphatic rings. The molecule has 1 heterocycles. The highest BCUT2D eigenvalue weighted by atomic mass is 127. The van der Waals surface area contributed by atoms with Gasteiger partial charge in [-0.2, -0.15) is 0 Å². The van der Waals surface area contributed by atoms with Crippen LogP contribution in [0, 0.1) is 0 Å². The van der Waals surface area contributed by atoms with Crippen LogP contribution in [0.5, 0.6) is 0 Å². The molecule has 5 heteroatoms. The van der Waals surface area contributed by atoms with Crippen molar-refractivity contribution in [3.63, 3.8) is 0 Å². The second kappa shape index (κ2) is 12.5. The Labute approximate surface area is 204 Å². The van der Waals surface area contributed by atoms with Gasteiger partial charge in [0.1, 0.15) is 18.3 Å². The van der Waals surface area contributed by atoms with Crippen LogP contribution in [0.3, 0.4) is 0 Å². The number of halogens is 1. The largest absolute Gasteiger partial charge is 0.372 e. The van der Waals surface area contributed by atoms with Crippen LogP contribution in [-0.4, -0.2) is 35.5 Å². The third kappa shape index (κ3) is 6.62. The lowest BCUT2D eigenvalue weighted by atomic mass is 10.00. The van der Waals surface area contributed by atoms with Gasteiger partial charge in [0, 0.05) is 4.43 Å². The van der Waals surface area contributed by atoms with E-state index in [4.69, 9.17) is 18.9 Å². The normalized spacial score (nSPS) is 23.2. The molecule has 4 nitrogen and oxygen atoms in total. The van der Waals surface area contributed by atoms with E-state index in [-0.39, 0.29) is 24.4 Å². The van der Waals surface area contributed by atoms with Crippen LogP contribution >= 0.6 is 22.6 Å². The maximum atomic E-state index is 6.47. The fourth-order valence-electron chi connectivity index (χ4n) is 3.82. The molecule has 0 spiro atoms. The van der Waals surface area contributed by atoms with Crippen LogP contribution in [-0.2, 0) is 38.8 Å². The van der Waals surface area contributed by atoms with Crippen molar-refractivity contribution in [3.8, 4) is 0 Å². The lowest BCUT2D eigenvalue weighted by Gasteiger charge is -2.41. The van der Waals surface area contributed by atoms with Gasteiger partial charge < -0.3 is 18.9 Å². The van der Waals surface area contributed by atoms with E-state index in [1.165, 1.54) is 0 Å². The molecule has 0 saturated carbocycles. The molecule has 0 N–H and O–H groups in total. The smallest absolute Gasteiger partial charge is 0.115 e. The van der Waals surface area contributed by atoms with Gasteiger partial charge in [-0.15, -0.1) is 0 Å². The van der Waals surface area contributed by atoms with E-state index in [0.29, 0.717) is 26.4 Å². The second-order valence-corrected chi connectivity index (χ2v) is 8.76. The van der Waals surface area contributed by atoms with Crippen LogP contribution in [0.25, 0.3) is 0 Å². The summed E-state index contributed by atoms with van der Waals surface area (Å²) < 4.78 is 26.2. The molecule has 0 aromatic heterocycles. The average molecular weight is 544 g/mol. The highest BCUT2D eigenvalue weighted by molar-refractivity contribution is 14.1. The summed E-state index contributed by atoms with van der Waals surface area (Å²) in [6, 6.07) is 30.7. The fourth-order valence-corrected chi connectivity index (χ4v) is 4.58. The van der Waals surface area contributed by atoms with Crippen molar-refractivity contribution in [2.45, 2.75) is 44.2 Å². The Kier molecular flexibility index (Phi) is 9.11. The molecule has 0 radical (unpaired) electrons. The summed E-state index contributed by atoms with van der Waals surface area (Å²) in [5, 5.41) is 0. The topological polar surface area (TPSA) is 36.9 Å². The van der Waals surface area contributed by atoms with Gasteiger partial charge in [0.2, 0.25) is 0 Å². The molecule has 0 bridgehead atoms. The Morgan fingerprint density at radius 1 is 0.625 bits per heavy atom. The van der Waals surface area contributed by atoms with Gasteiger partial charge in [-0.3, -0.25) is 0 Å². The summed E-state index contributed by atoms with van der Waals surface area (Å²) in [6.07, 6.45) is -0.697. The Balaban J connectivity index is 1.49. The van der Waals surface area contributed by atoms with E-state index in [2.05, 4.69) is 59.0 Å². The molecule has 4 atom stereocenters. The Hall–Kier alpha value is -1.77. The molecular formula is C27H29IO4. The minimum Gasteiger partial charge on any atom is -0.372 e. The monoisotopic (exact) mass is 544 g/mol. The van der Waals surface area contributed by atoms with Crippen molar-refractivity contribution in [2.24, 2.45) is 0 Å². The first-order valence-corrected chi connectivity index (χ1v) is 12.5. The van der Waals surface area contributed by atoms with Gasteiger partial charge in [-0.25, -0.2) is 0 Å². The van der Waals surface area contributed by atoms with E-state index in [9.17, 15) is 0 Å². The van der Waals surface area contributed by atoms with Crippen LogP contribution in [0.1, 0.15) is 16.7 Å². The molecule has 168 valence electrons. The zero-order valence-electron chi connectivity index (χ0n) is 18.0. The van der Waals surface area contributed by atoms with Gasteiger partial charge in [-0.05, 0) is 16.7 Å². The van der Waals surface area contributed by atoms with Gasteiger partial charge in [0.15, 0.2) is 0 Å².